The van der Waals surface area contributed by atoms with E-state index in [2.05, 4.69) is 12.2 Å². The lowest BCUT2D eigenvalue weighted by atomic mass is 9.79. The number of anilines is 1. The summed E-state index contributed by atoms with van der Waals surface area (Å²) in [6.45, 7) is 4.19. The number of hydrogen-bond acceptors (Lipinski definition) is 3. The van der Waals surface area contributed by atoms with E-state index in [0.29, 0.717) is 0 Å². The number of aromatic nitrogens is 1. The van der Waals surface area contributed by atoms with Crippen LogP contribution in [-0.4, -0.2) is 16.5 Å². The van der Waals surface area contributed by atoms with Gasteiger partial charge in [-0.15, -0.1) is 12.4 Å². The summed E-state index contributed by atoms with van der Waals surface area (Å²) in [6, 6.07) is 10.6. The van der Waals surface area contributed by atoms with E-state index in [1.807, 2.05) is 37.3 Å². The van der Waals surface area contributed by atoms with Crippen molar-refractivity contribution in [2.45, 2.75) is 45.6 Å². The predicted octanol–water partition coefficient (Wildman–Crippen LogP) is 3.87. The van der Waals surface area contributed by atoms with Crippen molar-refractivity contribution in [3.05, 3.63) is 52.4 Å². The number of nitrogens with zero attached hydrogens (tertiary/aromatic N) is 1. The van der Waals surface area contributed by atoms with Crippen molar-refractivity contribution in [2.24, 2.45) is 24.6 Å². The fourth-order valence-electron chi connectivity index (χ4n) is 3.86. The highest BCUT2D eigenvalue weighted by Crippen LogP contribution is 2.30. The van der Waals surface area contributed by atoms with E-state index in [1.165, 1.54) is 0 Å². The van der Waals surface area contributed by atoms with Crippen LogP contribution in [0, 0.1) is 18.8 Å². The molecule has 6 heteroatoms. The Bertz CT molecular complexity index is 868. The van der Waals surface area contributed by atoms with Crippen LogP contribution < -0.4 is 16.6 Å². The van der Waals surface area contributed by atoms with Crippen LogP contribution in [0.3, 0.4) is 0 Å². The fourth-order valence-corrected chi connectivity index (χ4v) is 3.86. The van der Waals surface area contributed by atoms with Crippen molar-refractivity contribution in [2.75, 3.05) is 5.32 Å². The molecular formula is C22H30ClN3O2. The van der Waals surface area contributed by atoms with Gasteiger partial charge < -0.3 is 15.6 Å². The Kier molecular flexibility index (Phi) is 7.44. The van der Waals surface area contributed by atoms with Crippen molar-refractivity contribution >= 4 is 24.0 Å². The Morgan fingerprint density at radius 2 is 1.71 bits per heavy atom. The number of nitrogens with one attached hydrogen (secondary N) is 1. The van der Waals surface area contributed by atoms with Crippen molar-refractivity contribution < 1.29 is 4.79 Å². The van der Waals surface area contributed by atoms with Crippen LogP contribution in [-0.2, 0) is 11.8 Å². The number of nitrogens with two attached hydrogens (primary N) is 1. The first-order chi connectivity index (χ1) is 12.9. The normalized spacial score (nSPS) is 20.1. The van der Waals surface area contributed by atoms with E-state index in [0.717, 1.165) is 54.1 Å². The third kappa shape index (κ3) is 4.83. The maximum absolute atomic E-state index is 12.5. The summed E-state index contributed by atoms with van der Waals surface area (Å²) < 4.78 is 1.63. The molecule has 1 aromatic carbocycles. The molecule has 2 aromatic rings. The lowest BCUT2D eigenvalue weighted by Gasteiger charge is -2.29. The van der Waals surface area contributed by atoms with E-state index in [1.54, 1.807) is 17.7 Å². The molecule has 28 heavy (non-hydrogen) atoms. The molecule has 0 radical (unpaired) electrons. The standard InChI is InChI=1S/C22H29N3O2.ClH/c1-14-4-6-17(7-5-14)21(23)22(27)24-18-10-8-16(9-11-18)19-12-13-20(26)25(3)15(19)2;/h8-14,17,21H,4-7,23H2,1-3H3,(H,24,27);1H/t14?,17?,21-;/m0./s1. The maximum Gasteiger partial charge on any atom is 0.250 e. The summed E-state index contributed by atoms with van der Waals surface area (Å²) in [6.07, 6.45) is 4.36. The molecule has 3 N–H and O–H groups in total. The summed E-state index contributed by atoms with van der Waals surface area (Å²) >= 11 is 0. The summed E-state index contributed by atoms with van der Waals surface area (Å²) in [7, 11) is 1.77. The van der Waals surface area contributed by atoms with Gasteiger partial charge in [0.1, 0.15) is 0 Å². The zero-order valence-corrected chi connectivity index (χ0v) is 17.6. The monoisotopic (exact) mass is 403 g/mol. The van der Waals surface area contributed by atoms with E-state index < -0.39 is 6.04 Å². The topological polar surface area (TPSA) is 77.1 Å². The Morgan fingerprint density at radius 1 is 1.11 bits per heavy atom. The van der Waals surface area contributed by atoms with Crippen LogP contribution >= 0.6 is 12.4 Å². The van der Waals surface area contributed by atoms with E-state index in [4.69, 9.17) is 5.73 Å². The summed E-state index contributed by atoms with van der Waals surface area (Å²) in [4.78, 5) is 24.2. The first-order valence-corrected chi connectivity index (χ1v) is 9.70. The Hall–Kier alpha value is -2.11. The molecule has 1 fully saturated rings. The van der Waals surface area contributed by atoms with Crippen LogP contribution in [0.5, 0.6) is 0 Å². The van der Waals surface area contributed by atoms with E-state index in [9.17, 15) is 9.59 Å². The third-order valence-electron chi connectivity index (χ3n) is 5.95. The number of carbonyl (C=O) groups excluding carboxylic acids is 1. The van der Waals surface area contributed by atoms with Crippen molar-refractivity contribution in [3.63, 3.8) is 0 Å². The highest BCUT2D eigenvalue weighted by molar-refractivity contribution is 5.95. The number of hydrogen-bond donors (Lipinski definition) is 2. The maximum atomic E-state index is 12.5. The van der Waals surface area contributed by atoms with Crippen LogP contribution in [0.1, 0.15) is 38.3 Å². The van der Waals surface area contributed by atoms with Gasteiger partial charge in [-0.25, -0.2) is 0 Å². The number of carbonyl (C=O) groups is 1. The molecule has 0 spiro atoms. The molecule has 1 amide bonds. The predicted molar refractivity (Wildman–Crippen MR) is 117 cm³/mol. The molecular weight excluding hydrogens is 374 g/mol. The minimum atomic E-state index is -0.455. The lowest BCUT2D eigenvalue weighted by Crippen LogP contribution is -2.43. The van der Waals surface area contributed by atoms with Gasteiger partial charge in [0.2, 0.25) is 11.5 Å². The fraction of sp³-hybridized carbons (Fsp3) is 0.455. The number of halogens is 1. The number of pyridine rings is 1. The molecule has 0 aliphatic heterocycles. The van der Waals surface area contributed by atoms with Crippen LogP contribution in [0.4, 0.5) is 5.69 Å². The second-order valence-electron chi connectivity index (χ2n) is 7.84. The number of benzene rings is 1. The van der Waals surface area contributed by atoms with Gasteiger partial charge >= 0.3 is 0 Å². The van der Waals surface area contributed by atoms with Gasteiger partial charge in [-0.05, 0) is 55.4 Å². The quantitative estimate of drug-likeness (QED) is 0.813. The van der Waals surface area contributed by atoms with Gasteiger partial charge in [0.25, 0.3) is 0 Å². The van der Waals surface area contributed by atoms with Gasteiger partial charge in [0, 0.05) is 30.1 Å². The first-order valence-electron chi connectivity index (χ1n) is 9.70. The highest BCUT2D eigenvalue weighted by atomic mass is 35.5. The van der Waals surface area contributed by atoms with Crippen molar-refractivity contribution in [1.29, 1.82) is 0 Å². The molecule has 1 atom stereocenters. The molecule has 0 bridgehead atoms. The zero-order chi connectivity index (χ0) is 19.6. The first kappa shape index (κ1) is 22.2. The molecule has 0 unspecified atom stereocenters. The van der Waals surface area contributed by atoms with Gasteiger partial charge in [0.05, 0.1) is 6.04 Å². The second kappa shape index (κ2) is 9.39. The molecule has 1 heterocycles. The van der Waals surface area contributed by atoms with Crippen LogP contribution in [0.2, 0.25) is 0 Å². The van der Waals surface area contributed by atoms with Gasteiger partial charge in [-0.1, -0.05) is 31.9 Å². The molecule has 1 aliphatic rings. The van der Waals surface area contributed by atoms with Crippen LogP contribution in [0.15, 0.2) is 41.2 Å². The number of rotatable bonds is 4. The van der Waals surface area contributed by atoms with Gasteiger partial charge in [0.15, 0.2) is 0 Å². The van der Waals surface area contributed by atoms with E-state index in [-0.39, 0.29) is 29.8 Å². The Morgan fingerprint density at radius 3 is 2.32 bits per heavy atom. The summed E-state index contributed by atoms with van der Waals surface area (Å²) in [5.41, 5.74) is 9.85. The minimum absolute atomic E-state index is 0. The lowest BCUT2D eigenvalue weighted by molar-refractivity contribution is -0.118. The summed E-state index contributed by atoms with van der Waals surface area (Å²) in [5.74, 6) is 0.902. The second-order valence-corrected chi connectivity index (χ2v) is 7.84. The van der Waals surface area contributed by atoms with Gasteiger partial charge in [-0.2, -0.15) is 0 Å². The molecule has 3 rings (SSSR count). The van der Waals surface area contributed by atoms with E-state index >= 15 is 0 Å². The van der Waals surface area contributed by atoms with Crippen molar-refractivity contribution in [1.82, 2.24) is 4.57 Å². The average molecular weight is 404 g/mol. The van der Waals surface area contributed by atoms with Gasteiger partial charge in [-0.3, -0.25) is 9.59 Å². The van der Waals surface area contributed by atoms with Crippen LogP contribution in [0.25, 0.3) is 11.1 Å². The largest absolute Gasteiger partial charge is 0.325 e. The molecule has 1 aliphatic carbocycles. The number of amides is 1. The Balaban J connectivity index is 0.00000280. The zero-order valence-electron chi connectivity index (χ0n) is 16.8. The SMILES string of the molecule is Cc1c(-c2ccc(NC(=O)[C@@H](N)C3CCC(C)CC3)cc2)ccc(=O)n1C.Cl. The smallest absolute Gasteiger partial charge is 0.250 e. The minimum Gasteiger partial charge on any atom is -0.325 e. The highest BCUT2D eigenvalue weighted by Gasteiger charge is 2.28. The third-order valence-corrected chi connectivity index (χ3v) is 5.95. The molecule has 0 saturated heterocycles. The summed E-state index contributed by atoms with van der Waals surface area (Å²) in [5, 5.41) is 2.94. The Labute approximate surface area is 172 Å². The van der Waals surface area contributed by atoms with Crippen molar-refractivity contribution in [3.8, 4) is 11.1 Å². The molecule has 1 saturated carbocycles. The molecule has 5 nitrogen and oxygen atoms in total. The molecule has 152 valence electrons. The average Bonchev–Trinajstić information content (AvgIpc) is 2.67. The molecule has 1 aromatic heterocycles.